The number of carbonyl (C=O) groups excluding carboxylic acids is 1. The van der Waals surface area contributed by atoms with Crippen molar-refractivity contribution in [3.05, 3.63) is 0 Å². The van der Waals surface area contributed by atoms with Gasteiger partial charge in [0.05, 0.1) is 24.0 Å². The second-order valence-corrected chi connectivity index (χ2v) is 8.71. The maximum Gasteiger partial charge on any atom is 0.305 e. The second-order valence-electron chi connectivity index (χ2n) is 6.49. The molecule has 1 atom stereocenters. The Hall–Kier alpha value is -1.11. The maximum absolute atomic E-state index is 12.8. The number of carbonyl (C=O) groups is 2. The van der Waals surface area contributed by atoms with Crippen LogP contribution < -0.4 is 0 Å². The van der Waals surface area contributed by atoms with Crippen molar-refractivity contribution in [2.24, 2.45) is 5.41 Å². The van der Waals surface area contributed by atoms with Gasteiger partial charge >= 0.3 is 5.97 Å². The molecule has 1 N–H and O–H groups in total. The molecule has 0 bridgehead atoms. The van der Waals surface area contributed by atoms with Crippen LogP contribution in [0.25, 0.3) is 0 Å². The number of hydrogen-bond donors (Lipinski definition) is 1. The van der Waals surface area contributed by atoms with Gasteiger partial charge in [-0.3, -0.25) is 9.59 Å². The minimum atomic E-state index is -3.25. The highest BCUT2D eigenvalue weighted by molar-refractivity contribution is 7.91. The van der Waals surface area contributed by atoms with Gasteiger partial charge in [0.15, 0.2) is 9.84 Å². The van der Waals surface area contributed by atoms with Crippen LogP contribution in [-0.2, 0) is 19.4 Å². The van der Waals surface area contributed by atoms with E-state index in [2.05, 4.69) is 0 Å². The Morgan fingerprint density at radius 1 is 1.24 bits per heavy atom. The Morgan fingerprint density at radius 2 is 1.86 bits per heavy atom. The van der Waals surface area contributed by atoms with Gasteiger partial charge in [-0.25, -0.2) is 8.42 Å². The SMILES string of the molecule is CC1(C(=O)N2CCS(=O)(=O)CC2CC(=O)O)CCCCC1. The minimum absolute atomic E-state index is 0.0645. The smallest absolute Gasteiger partial charge is 0.305 e. The molecule has 2 rings (SSSR count). The van der Waals surface area contributed by atoms with Gasteiger partial charge < -0.3 is 10.0 Å². The normalized spacial score (nSPS) is 28.0. The van der Waals surface area contributed by atoms with Crippen molar-refractivity contribution < 1.29 is 23.1 Å². The summed E-state index contributed by atoms with van der Waals surface area (Å²) in [4.78, 5) is 25.3. The van der Waals surface area contributed by atoms with Crippen LogP contribution in [-0.4, -0.2) is 54.4 Å². The van der Waals surface area contributed by atoms with Crippen molar-refractivity contribution in [3.63, 3.8) is 0 Å². The van der Waals surface area contributed by atoms with Crippen LogP contribution in [0.4, 0.5) is 0 Å². The summed E-state index contributed by atoms with van der Waals surface area (Å²) in [6, 6.07) is -0.729. The maximum atomic E-state index is 12.8. The van der Waals surface area contributed by atoms with Crippen LogP contribution in [0.15, 0.2) is 0 Å². The number of amides is 1. The monoisotopic (exact) mass is 317 g/mol. The summed E-state index contributed by atoms with van der Waals surface area (Å²) >= 11 is 0. The molecule has 1 saturated carbocycles. The Kier molecular flexibility index (Phi) is 4.60. The molecule has 1 aliphatic carbocycles. The summed E-state index contributed by atoms with van der Waals surface area (Å²) in [5, 5.41) is 8.98. The molecule has 6 nitrogen and oxygen atoms in total. The molecule has 2 fully saturated rings. The van der Waals surface area contributed by atoms with E-state index < -0.39 is 27.3 Å². The van der Waals surface area contributed by atoms with Crippen molar-refractivity contribution in [1.82, 2.24) is 4.90 Å². The molecule has 0 aromatic carbocycles. The molecule has 1 amide bonds. The first-order valence-electron chi connectivity index (χ1n) is 7.47. The van der Waals surface area contributed by atoms with E-state index in [1.54, 1.807) is 0 Å². The fraction of sp³-hybridized carbons (Fsp3) is 0.857. The summed E-state index contributed by atoms with van der Waals surface area (Å²) in [6.45, 7) is 2.05. The fourth-order valence-corrected chi connectivity index (χ4v) is 4.94. The Morgan fingerprint density at radius 3 is 2.43 bits per heavy atom. The Balaban J connectivity index is 2.18. The minimum Gasteiger partial charge on any atom is -0.481 e. The van der Waals surface area contributed by atoms with E-state index in [0.717, 1.165) is 32.1 Å². The number of nitrogens with zero attached hydrogens (tertiary/aromatic N) is 1. The zero-order valence-corrected chi connectivity index (χ0v) is 13.2. The first-order chi connectivity index (χ1) is 9.73. The van der Waals surface area contributed by atoms with Crippen molar-refractivity contribution in [2.75, 3.05) is 18.1 Å². The van der Waals surface area contributed by atoms with Crippen LogP contribution in [0, 0.1) is 5.41 Å². The molecule has 21 heavy (non-hydrogen) atoms. The molecule has 1 aliphatic heterocycles. The first-order valence-corrected chi connectivity index (χ1v) is 9.29. The lowest BCUT2D eigenvalue weighted by Gasteiger charge is -2.42. The predicted octanol–water partition coefficient (Wildman–Crippen LogP) is 1.06. The zero-order valence-electron chi connectivity index (χ0n) is 12.4. The Labute approximate surface area is 125 Å². The zero-order chi connectivity index (χ0) is 15.7. The van der Waals surface area contributed by atoms with Gasteiger partial charge in [-0.15, -0.1) is 0 Å². The van der Waals surface area contributed by atoms with E-state index in [1.807, 2.05) is 6.92 Å². The third-order valence-corrected chi connectivity index (χ3v) is 6.37. The predicted molar refractivity (Wildman–Crippen MR) is 77.6 cm³/mol. The fourth-order valence-electron chi connectivity index (χ4n) is 3.42. The number of hydrogen-bond acceptors (Lipinski definition) is 4. The number of aliphatic carboxylic acids is 1. The lowest BCUT2D eigenvalue weighted by Crippen LogP contribution is -2.56. The second kappa shape index (κ2) is 5.94. The molecule has 7 heteroatoms. The molecule has 120 valence electrons. The van der Waals surface area contributed by atoms with E-state index in [1.165, 1.54) is 4.90 Å². The van der Waals surface area contributed by atoms with Crippen molar-refractivity contribution in [3.8, 4) is 0 Å². The van der Waals surface area contributed by atoms with Crippen molar-refractivity contribution in [2.45, 2.75) is 51.5 Å². The summed E-state index contributed by atoms with van der Waals surface area (Å²) < 4.78 is 23.5. The van der Waals surface area contributed by atoms with Gasteiger partial charge in [0.1, 0.15) is 0 Å². The summed E-state index contributed by atoms with van der Waals surface area (Å²) in [5.41, 5.74) is -0.462. The van der Waals surface area contributed by atoms with E-state index in [9.17, 15) is 18.0 Å². The molecule has 1 saturated heterocycles. The van der Waals surface area contributed by atoms with Crippen LogP contribution in [0.3, 0.4) is 0 Å². The highest BCUT2D eigenvalue weighted by atomic mass is 32.2. The van der Waals surface area contributed by atoms with Crippen molar-refractivity contribution >= 4 is 21.7 Å². The Bertz CT molecular complexity index is 521. The van der Waals surface area contributed by atoms with E-state index in [-0.39, 0.29) is 30.4 Å². The van der Waals surface area contributed by atoms with E-state index in [0.29, 0.717) is 0 Å². The molecule has 0 radical (unpaired) electrons. The molecule has 0 aromatic rings. The summed E-state index contributed by atoms with van der Waals surface area (Å²) in [7, 11) is -3.25. The molecular weight excluding hydrogens is 294 g/mol. The van der Waals surface area contributed by atoms with Crippen LogP contribution in [0.2, 0.25) is 0 Å². The third-order valence-electron chi connectivity index (χ3n) is 4.67. The molecule has 1 heterocycles. The number of sulfone groups is 1. The summed E-state index contributed by atoms with van der Waals surface area (Å²) in [6.07, 6.45) is 4.41. The molecule has 1 unspecified atom stereocenters. The average molecular weight is 317 g/mol. The van der Waals surface area contributed by atoms with Gasteiger partial charge in [-0.05, 0) is 12.8 Å². The number of rotatable bonds is 3. The quantitative estimate of drug-likeness (QED) is 0.840. The highest BCUT2D eigenvalue weighted by Gasteiger charge is 2.43. The lowest BCUT2D eigenvalue weighted by atomic mass is 9.74. The largest absolute Gasteiger partial charge is 0.481 e. The molecule has 2 aliphatic rings. The van der Waals surface area contributed by atoms with E-state index >= 15 is 0 Å². The van der Waals surface area contributed by atoms with Crippen molar-refractivity contribution in [1.29, 1.82) is 0 Å². The van der Waals surface area contributed by atoms with Gasteiger partial charge in [-0.2, -0.15) is 0 Å². The number of carboxylic acids is 1. The average Bonchev–Trinajstić information content (AvgIpc) is 2.37. The van der Waals surface area contributed by atoms with Gasteiger partial charge in [0.2, 0.25) is 5.91 Å². The van der Waals surface area contributed by atoms with E-state index in [4.69, 9.17) is 5.11 Å². The lowest BCUT2D eigenvalue weighted by molar-refractivity contribution is -0.147. The van der Waals surface area contributed by atoms with Crippen LogP contribution in [0.5, 0.6) is 0 Å². The number of carboxylic acid groups (broad SMARTS) is 1. The van der Waals surface area contributed by atoms with Crippen LogP contribution >= 0.6 is 0 Å². The standard InChI is InChI=1S/C14H23NO5S/c1-14(5-3-2-4-6-14)13(18)15-7-8-21(19,20)10-11(15)9-12(16)17/h11H,2-10H2,1H3,(H,16,17). The van der Waals surface area contributed by atoms with Crippen LogP contribution in [0.1, 0.15) is 45.4 Å². The molecule has 0 aromatic heterocycles. The molecular formula is C14H23NO5S. The van der Waals surface area contributed by atoms with Gasteiger partial charge in [-0.1, -0.05) is 26.2 Å². The third kappa shape index (κ3) is 3.75. The van der Waals surface area contributed by atoms with Gasteiger partial charge in [0.25, 0.3) is 0 Å². The first kappa shape index (κ1) is 16.3. The summed E-state index contributed by atoms with van der Waals surface area (Å²) in [5.74, 6) is -1.43. The van der Waals surface area contributed by atoms with Gasteiger partial charge in [0, 0.05) is 12.0 Å². The topological polar surface area (TPSA) is 91.8 Å². The molecule has 0 spiro atoms. The highest BCUT2D eigenvalue weighted by Crippen LogP contribution is 2.38.